The van der Waals surface area contributed by atoms with Crippen LogP contribution in [0.15, 0.2) is 54.7 Å². The molecule has 0 saturated carbocycles. The first-order chi connectivity index (χ1) is 13.3. The van der Waals surface area contributed by atoms with Gasteiger partial charge < -0.3 is 15.2 Å². The number of ether oxygens (including phenoxy) is 1. The molecule has 1 fully saturated rings. The predicted octanol–water partition coefficient (Wildman–Crippen LogP) is 3.28. The van der Waals surface area contributed by atoms with E-state index in [-0.39, 0.29) is 6.10 Å². The molecule has 1 saturated heterocycles. The highest BCUT2D eigenvalue weighted by molar-refractivity contribution is 5.95. The average molecular weight is 391 g/mol. The summed E-state index contributed by atoms with van der Waals surface area (Å²) >= 11 is 0. The molecule has 1 aliphatic rings. The van der Waals surface area contributed by atoms with E-state index < -0.39 is 12.1 Å². The van der Waals surface area contributed by atoms with E-state index in [1.807, 2.05) is 30.3 Å². The molecule has 2 aromatic carbocycles. The fourth-order valence-corrected chi connectivity index (χ4v) is 2.47. The smallest absolute Gasteiger partial charge is 0.475 e. The van der Waals surface area contributed by atoms with Gasteiger partial charge in [-0.05, 0) is 10.8 Å². The van der Waals surface area contributed by atoms with Crippen LogP contribution >= 0.6 is 0 Å². The van der Waals surface area contributed by atoms with E-state index in [0.717, 1.165) is 24.0 Å². The molecule has 2 heterocycles. The molecule has 0 atom stereocenters. The van der Waals surface area contributed by atoms with Crippen LogP contribution in [0, 0.1) is 0 Å². The second-order valence-electron chi connectivity index (χ2n) is 5.95. The maximum Gasteiger partial charge on any atom is 0.490 e. The zero-order valence-electron chi connectivity index (χ0n) is 14.5. The molecule has 0 unspecified atom stereocenters. The lowest BCUT2D eigenvalue weighted by atomic mass is 10.0. The summed E-state index contributed by atoms with van der Waals surface area (Å²) in [6.07, 6.45) is -3.11. The maximum atomic E-state index is 10.6. The lowest BCUT2D eigenvalue weighted by Gasteiger charge is -2.27. The van der Waals surface area contributed by atoms with Crippen LogP contribution in [0.4, 0.5) is 13.2 Å². The Bertz CT molecular complexity index is 970. The van der Waals surface area contributed by atoms with Gasteiger partial charge in [-0.2, -0.15) is 18.2 Å². The molecule has 28 heavy (non-hydrogen) atoms. The summed E-state index contributed by atoms with van der Waals surface area (Å²) in [5.41, 5.74) is 1.03. The topological polar surface area (TPSA) is 84.3 Å². The normalized spacial score (nSPS) is 14.0. The standard InChI is InChI=1S/C17H15N3O.C2HF3O2/c1-2-6-14-12(4-1)5-3-7-15(14)17-19-9-8-16(20-17)21-13-10-18-11-13;3-2(4,5)1(6)7/h1-9,13,18H,10-11H2;(H,6,7). The van der Waals surface area contributed by atoms with Gasteiger partial charge in [-0.15, -0.1) is 0 Å². The molecule has 146 valence electrons. The molecular formula is C19H16F3N3O3. The van der Waals surface area contributed by atoms with Crippen LogP contribution in [-0.4, -0.2) is 46.4 Å². The van der Waals surface area contributed by atoms with Gasteiger partial charge in [0.05, 0.1) is 0 Å². The van der Waals surface area contributed by atoms with Gasteiger partial charge in [-0.1, -0.05) is 42.5 Å². The zero-order chi connectivity index (χ0) is 20.1. The fraction of sp³-hybridized carbons (Fsp3) is 0.211. The third-order valence-corrected chi connectivity index (χ3v) is 3.93. The Labute approximate surface area is 158 Å². The summed E-state index contributed by atoms with van der Waals surface area (Å²) in [7, 11) is 0. The number of halogens is 3. The number of aliphatic carboxylic acids is 1. The molecule has 4 rings (SSSR count). The summed E-state index contributed by atoms with van der Waals surface area (Å²) in [6.45, 7) is 1.77. The Morgan fingerprint density at radius 1 is 1.11 bits per heavy atom. The van der Waals surface area contributed by atoms with Crippen molar-refractivity contribution in [3.8, 4) is 17.3 Å². The first-order valence-corrected chi connectivity index (χ1v) is 8.33. The molecule has 0 bridgehead atoms. The largest absolute Gasteiger partial charge is 0.490 e. The average Bonchev–Trinajstić information content (AvgIpc) is 2.64. The van der Waals surface area contributed by atoms with Crippen molar-refractivity contribution in [3.05, 3.63) is 54.7 Å². The summed E-state index contributed by atoms with van der Waals surface area (Å²) in [4.78, 5) is 17.9. The van der Waals surface area contributed by atoms with Crippen LogP contribution in [0.25, 0.3) is 22.2 Å². The second kappa shape index (κ2) is 8.22. The van der Waals surface area contributed by atoms with Crippen LogP contribution in [0.2, 0.25) is 0 Å². The van der Waals surface area contributed by atoms with Crippen LogP contribution < -0.4 is 10.1 Å². The number of aromatic nitrogens is 2. The van der Waals surface area contributed by atoms with Crippen molar-refractivity contribution in [1.82, 2.24) is 15.3 Å². The lowest BCUT2D eigenvalue weighted by Crippen LogP contribution is -2.50. The summed E-state index contributed by atoms with van der Waals surface area (Å²) < 4.78 is 37.5. The van der Waals surface area contributed by atoms with E-state index in [1.54, 1.807) is 6.20 Å². The van der Waals surface area contributed by atoms with Gasteiger partial charge in [0.2, 0.25) is 5.88 Å². The van der Waals surface area contributed by atoms with Crippen molar-refractivity contribution in [2.75, 3.05) is 13.1 Å². The number of nitrogens with zero attached hydrogens (tertiary/aromatic N) is 2. The minimum atomic E-state index is -5.08. The van der Waals surface area contributed by atoms with E-state index in [2.05, 4.69) is 33.5 Å². The zero-order valence-corrected chi connectivity index (χ0v) is 14.5. The van der Waals surface area contributed by atoms with Gasteiger partial charge in [-0.3, -0.25) is 0 Å². The maximum absolute atomic E-state index is 10.6. The molecule has 0 aliphatic carbocycles. The Kier molecular flexibility index (Phi) is 5.74. The molecule has 0 radical (unpaired) electrons. The Hall–Kier alpha value is -3.20. The Morgan fingerprint density at radius 2 is 1.79 bits per heavy atom. The third-order valence-electron chi connectivity index (χ3n) is 3.93. The van der Waals surface area contributed by atoms with Crippen molar-refractivity contribution < 1.29 is 27.8 Å². The SMILES string of the molecule is O=C(O)C(F)(F)F.c1ccc2c(-c3nccc(OC4CNC4)n3)cccc2c1. The van der Waals surface area contributed by atoms with Crippen LogP contribution in [-0.2, 0) is 4.79 Å². The summed E-state index contributed by atoms with van der Waals surface area (Å²) in [5.74, 6) is -1.41. The summed E-state index contributed by atoms with van der Waals surface area (Å²) in [6, 6.07) is 16.3. The number of rotatable bonds is 3. The molecule has 2 N–H and O–H groups in total. The molecule has 1 aliphatic heterocycles. The molecule has 0 amide bonds. The quantitative estimate of drug-likeness (QED) is 0.713. The molecule has 0 spiro atoms. The van der Waals surface area contributed by atoms with Gasteiger partial charge >= 0.3 is 12.1 Å². The molecule has 9 heteroatoms. The van der Waals surface area contributed by atoms with E-state index in [0.29, 0.717) is 11.7 Å². The van der Waals surface area contributed by atoms with Gasteiger partial charge in [0.25, 0.3) is 0 Å². The second-order valence-corrected chi connectivity index (χ2v) is 5.95. The minimum absolute atomic E-state index is 0.222. The van der Waals surface area contributed by atoms with Crippen LogP contribution in [0.1, 0.15) is 0 Å². The van der Waals surface area contributed by atoms with Crippen LogP contribution in [0.3, 0.4) is 0 Å². The van der Waals surface area contributed by atoms with Gasteiger partial charge in [0.1, 0.15) is 6.10 Å². The fourth-order valence-electron chi connectivity index (χ4n) is 2.47. The van der Waals surface area contributed by atoms with E-state index in [9.17, 15) is 13.2 Å². The molecule has 6 nitrogen and oxygen atoms in total. The number of benzene rings is 2. The number of fused-ring (bicyclic) bond motifs is 1. The van der Waals surface area contributed by atoms with E-state index >= 15 is 0 Å². The van der Waals surface area contributed by atoms with Gasteiger partial charge in [0, 0.05) is 30.9 Å². The van der Waals surface area contributed by atoms with E-state index in [1.165, 1.54) is 5.39 Å². The monoisotopic (exact) mass is 391 g/mol. The number of carbonyl (C=O) groups is 1. The van der Waals surface area contributed by atoms with Crippen molar-refractivity contribution >= 4 is 16.7 Å². The number of alkyl halides is 3. The molecule has 1 aromatic heterocycles. The van der Waals surface area contributed by atoms with E-state index in [4.69, 9.17) is 14.6 Å². The summed E-state index contributed by atoms with van der Waals surface area (Å²) in [5, 5.41) is 12.7. The van der Waals surface area contributed by atoms with Crippen molar-refractivity contribution in [2.24, 2.45) is 0 Å². The number of carboxylic acids is 1. The van der Waals surface area contributed by atoms with Crippen molar-refractivity contribution in [3.63, 3.8) is 0 Å². The Morgan fingerprint density at radius 3 is 2.43 bits per heavy atom. The van der Waals surface area contributed by atoms with Crippen LogP contribution in [0.5, 0.6) is 5.88 Å². The first kappa shape index (κ1) is 19.6. The number of hydrogen-bond acceptors (Lipinski definition) is 5. The third kappa shape index (κ3) is 4.74. The number of carboxylic acid groups (broad SMARTS) is 1. The number of hydrogen-bond donors (Lipinski definition) is 2. The minimum Gasteiger partial charge on any atom is -0.475 e. The highest BCUT2D eigenvalue weighted by atomic mass is 19.4. The van der Waals surface area contributed by atoms with Gasteiger partial charge in [-0.25, -0.2) is 9.78 Å². The molecular weight excluding hydrogens is 375 g/mol. The number of nitrogens with one attached hydrogen (secondary N) is 1. The predicted molar refractivity (Wildman–Crippen MR) is 96.0 cm³/mol. The first-order valence-electron chi connectivity index (χ1n) is 8.33. The highest BCUT2D eigenvalue weighted by Crippen LogP contribution is 2.27. The van der Waals surface area contributed by atoms with Crippen molar-refractivity contribution in [1.29, 1.82) is 0 Å². The highest BCUT2D eigenvalue weighted by Gasteiger charge is 2.38. The molecule has 3 aromatic rings. The lowest BCUT2D eigenvalue weighted by molar-refractivity contribution is -0.192. The Balaban J connectivity index is 0.000000279. The van der Waals surface area contributed by atoms with Crippen molar-refractivity contribution in [2.45, 2.75) is 12.3 Å². The van der Waals surface area contributed by atoms with Gasteiger partial charge in [0.15, 0.2) is 5.82 Å².